The van der Waals surface area contributed by atoms with Crippen molar-refractivity contribution >= 4 is 22.9 Å². The van der Waals surface area contributed by atoms with Gasteiger partial charge >= 0.3 is 0 Å². The van der Waals surface area contributed by atoms with Crippen LogP contribution >= 0.6 is 22.9 Å². The molecule has 0 aliphatic heterocycles. The van der Waals surface area contributed by atoms with Gasteiger partial charge in [-0.1, -0.05) is 23.7 Å². The molecule has 0 fully saturated rings. The second-order valence-electron chi connectivity index (χ2n) is 3.48. The van der Waals surface area contributed by atoms with Crippen LogP contribution in [0.4, 0.5) is 4.39 Å². The summed E-state index contributed by atoms with van der Waals surface area (Å²) in [7, 11) is 0. The number of aliphatic hydroxyl groups excluding tert-OH is 1. The summed E-state index contributed by atoms with van der Waals surface area (Å²) >= 11 is 7.17. The van der Waals surface area contributed by atoms with Gasteiger partial charge in [-0.15, -0.1) is 11.3 Å². The molecule has 4 heteroatoms. The Morgan fingerprint density at radius 3 is 2.81 bits per heavy atom. The van der Waals surface area contributed by atoms with Gasteiger partial charge in [0.15, 0.2) is 0 Å². The Balaban J connectivity index is 2.12. The van der Waals surface area contributed by atoms with Gasteiger partial charge < -0.3 is 5.11 Å². The maximum absolute atomic E-state index is 12.9. The predicted molar refractivity (Wildman–Crippen MR) is 64.4 cm³/mol. The molecule has 1 aromatic heterocycles. The summed E-state index contributed by atoms with van der Waals surface area (Å²) < 4.78 is 12.9. The molecule has 1 heterocycles. The molecule has 84 valence electrons. The molecule has 2 aromatic rings. The Morgan fingerprint density at radius 2 is 2.19 bits per heavy atom. The van der Waals surface area contributed by atoms with Crippen molar-refractivity contribution in [3.63, 3.8) is 0 Å². The smallest absolute Gasteiger partial charge is 0.141 e. The summed E-state index contributed by atoms with van der Waals surface area (Å²) in [5.41, 5.74) is 0.826. The summed E-state index contributed by atoms with van der Waals surface area (Å²) in [6, 6.07) is 8.27. The third-order valence-corrected chi connectivity index (χ3v) is 3.55. The molecule has 16 heavy (non-hydrogen) atoms. The zero-order valence-corrected chi connectivity index (χ0v) is 9.93. The van der Waals surface area contributed by atoms with Crippen LogP contribution in [0, 0.1) is 5.82 Å². The van der Waals surface area contributed by atoms with Crippen LogP contribution in [0.3, 0.4) is 0 Å². The Bertz CT molecular complexity index is 470. The third-order valence-electron chi connectivity index (χ3n) is 2.28. The second kappa shape index (κ2) is 4.95. The van der Waals surface area contributed by atoms with Crippen LogP contribution in [0.5, 0.6) is 0 Å². The van der Waals surface area contributed by atoms with E-state index in [1.807, 2.05) is 17.5 Å². The van der Waals surface area contributed by atoms with Gasteiger partial charge in [0.2, 0.25) is 0 Å². The Hall–Kier alpha value is -0.900. The molecule has 0 saturated heterocycles. The maximum atomic E-state index is 12.9. The highest BCUT2D eigenvalue weighted by molar-refractivity contribution is 7.10. The van der Waals surface area contributed by atoms with Crippen molar-refractivity contribution in [3.05, 3.63) is 57.0 Å². The summed E-state index contributed by atoms with van der Waals surface area (Å²) in [5.74, 6) is -0.434. The van der Waals surface area contributed by atoms with Crippen LogP contribution < -0.4 is 0 Å². The molecule has 0 saturated carbocycles. The molecule has 2 rings (SSSR count). The van der Waals surface area contributed by atoms with Crippen LogP contribution in [0.25, 0.3) is 0 Å². The fraction of sp³-hybridized carbons (Fsp3) is 0.167. The van der Waals surface area contributed by atoms with E-state index in [2.05, 4.69) is 0 Å². The Kier molecular flexibility index (Phi) is 3.59. The van der Waals surface area contributed by atoms with Crippen molar-refractivity contribution in [1.29, 1.82) is 0 Å². The number of hydrogen-bond acceptors (Lipinski definition) is 2. The largest absolute Gasteiger partial charge is 0.387 e. The maximum Gasteiger partial charge on any atom is 0.141 e. The minimum atomic E-state index is -0.554. The van der Waals surface area contributed by atoms with Gasteiger partial charge in [-0.3, -0.25) is 0 Å². The van der Waals surface area contributed by atoms with E-state index in [-0.39, 0.29) is 5.02 Å². The van der Waals surface area contributed by atoms with E-state index in [1.54, 1.807) is 12.1 Å². The van der Waals surface area contributed by atoms with Crippen LogP contribution in [-0.4, -0.2) is 5.11 Å². The lowest BCUT2D eigenvalue weighted by Crippen LogP contribution is -1.99. The number of aliphatic hydroxyl groups is 1. The SMILES string of the molecule is OC(Cc1ccc(F)c(Cl)c1)c1cccs1. The van der Waals surface area contributed by atoms with Crippen molar-refractivity contribution in [3.8, 4) is 0 Å². The van der Waals surface area contributed by atoms with Crippen LogP contribution in [-0.2, 0) is 6.42 Å². The Labute approximate surface area is 102 Å². The van der Waals surface area contributed by atoms with E-state index in [4.69, 9.17) is 11.6 Å². The molecule has 0 aliphatic carbocycles. The molecule has 1 atom stereocenters. The Morgan fingerprint density at radius 1 is 1.38 bits per heavy atom. The van der Waals surface area contributed by atoms with E-state index in [1.165, 1.54) is 17.4 Å². The van der Waals surface area contributed by atoms with E-state index in [0.29, 0.717) is 6.42 Å². The lowest BCUT2D eigenvalue weighted by molar-refractivity contribution is 0.182. The van der Waals surface area contributed by atoms with Gasteiger partial charge in [-0.25, -0.2) is 4.39 Å². The van der Waals surface area contributed by atoms with Crippen molar-refractivity contribution in [2.75, 3.05) is 0 Å². The fourth-order valence-corrected chi connectivity index (χ4v) is 2.39. The third kappa shape index (κ3) is 2.61. The number of benzene rings is 1. The zero-order chi connectivity index (χ0) is 11.5. The van der Waals surface area contributed by atoms with E-state index >= 15 is 0 Å². The van der Waals surface area contributed by atoms with Crippen molar-refractivity contribution in [1.82, 2.24) is 0 Å². The van der Waals surface area contributed by atoms with Gasteiger partial charge in [0, 0.05) is 11.3 Å². The fourth-order valence-electron chi connectivity index (χ4n) is 1.47. The minimum Gasteiger partial charge on any atom is -0.387 e. The first-order valence-corrected chi connectivity index (χ1v) is 6.08. The summed E-state index contributed by atoms with van der Waals surface area (Å²) in [6.45, 7) is 0. The highest BCUT2D eigenvalue weighted by Gasteiger charge is 2.10. The molecule has 0 aliphatic rings. The van der Waals surface area contributed by atoms with Crippen LogP contribution in [0.1, 0.15) is 16.5 Å². The average Bonchev–Trinajstić information content (AvgIpc) is 2.77. The number of rotatable bonds is 3. The molecule has 0 radical (unpaired) electrons. The van der Waals surface area contributed by atoms with Crippen molar-refractivity contribution in [2.45, 2.75) is 12.5 Å². The van der Waals surface area contributed by atoms with E-state index in [9.17, 15) is 9.50 Å². The highest BCUT2D eigenvalue weighted by Crippen LogP contribution is 2.24. The quantitative estimate of drug-likeness (QED) is 0.885. The van der Waals surface area contributed by atoms with Gasteiger partial charge in [-0.05, 0) is 29.1 Å². The van der Waals surface area contributed by atoms with E-state index < -0.39 is 11.9 Å². The summed E-state index contributed by atoms with van der Waals surface area (Å²) in [4.78, 5) is 0.903. The summed E-state index contributed by atoms with van der Waals surface area (Å²) in [6.07, 6.45) is -0.109. The summed E-state index contributed by atoms with van der Waals surface area (Å²) in [5, 5.41) is 11.9. The van der Waals surface area contributed by atoms with Gasteiger partial charge in [-0.2, -0.15) is 0 Å². The van der Waals surface area contributed by atoms with E-state index in [0.717, 1.165) is 10.4 Å². The molecule has 1 aromatic carbocycles. The highest BCUT2D eigenvalue weighted by atomic mass is 35.5. The standard InChI is InChI=1S/C12H10ClFOS/c13-9-6-8(3-4-10(9)14)7-11(15)12-2-1-5-16-12/h1-6,11,15H,7H2. The van der Waals surface area contributed by atoms with Gasteiger partial charge in [0.05, 0.1) is 11.1 Å². The van der Waals surface area contributed by atoms with Gasteiger partial charge in [0.1, 0.15) is 5.82 Å². The molecular weight excluding hydrogens is 247 g/mol. The number of halogens is 2. The van der Waals surface area contributed by atoms with Crippen LogP contribution in [0.15, 0.2) is 35.7 Å². The lowest BCUT2D eigenvalue weighted by atomic mass is 10.1. The number of hydrogen-bond donors (Lipinski definition) is 1. The first-order valence-electron chi connectivity index (χ1n) is 4.82. The molecule has 1 nitrogen and oxygen atoms in total. The molecule has 0 spiro atoms. The topological polar surface area (TPSA) is 20.2 Å². The molecule has 1 N–H and O–H groups in total. The first-order chi connectivity index (χ1) is 7.66. The van der Waals surface area contributed by atoms with Gasteiger partial charge in [0.25, 0.3) is 0 Å². The molecule has 0 amide bonds. The average molecular weight is 257 g/mol. The second-order valence-corrected chi connectivity index (χ2v) is 4.87. The minimum absolute atomic E-state index is 0.0934. The monoisotopic (exact) mass is 256 g/mol. The number of thiophene rings is 1. The van der Waals surface area contributed by atoms with Crippen LogP contribution in [0.2, 0.25) is 5.02 Å². The first kappa shape index (κ1) is 11.6. The normalized spacial score (nSPS) is 12.7. The molecular formula is C12H10ClFOS. The van der Waals surface area contributed by atoms with Crippen molar-refractivity contribution in [2.24, 2.45) is 0 Å². The lowest BCUT2D eigenvalue weighted by Gasteiger charge is -2.08. The van der Waals surface area contributed by atoms with Crippen molar-refractivity contribution < 1.29 is 9.50 Å². The molecule has 0 bridgehead atoms. The molecule has 1 unspecified atom stereocenters. The zero-order valence-electron chi connectivity index (χ0n) is 8.36. The predicted octanol–water partition coefficient (Wildman–Crippen LogP) is 3.82.